The van der Waals surface area contributed by atoms with Crippen LogP contribution in [-0.4, -0.2) is 36.5 Å². The summed E-state index contributed by atoms with van der Waals surface area (Å²) in [5.41, 5.74) is -0.668. The first-order valence-corrected chi connectivity index (χ1v) is 4.37. The molecule has 15 heavy (non-hydrogen) atoms. The number of halogens is 2. The predicted octanol–water partition coefficient (Wildman–Crippen LogP) is 1.34. The van der Waals surface area contributed by atoms with E-state index in [-0.39, 0.29) is 13.2 Å². The van der Waals surface area contributed by atoms with E-state index in [0.29, 0.717) is 5.01 Å². The summed E-state index contributed by atoms with van der Waals surface area (Å²) in [6.07, 6.45) is -0.777. The van der Waals surface area contributed by atoms with E-state index in [1.807, 2.05) is 0 Å². The standard InChI is InChI=1S/C8H16F2N2O3/c1-8(2,3)15-7(13)12(11)4-5-14-6(9)10/h6H,4-5,11H2,1-3H3. The Kier molecular flexibility index (Phi) is 5.45. The first-order valence-electron chi connectivity index (χ1n) is 4.37. The molecule has 5 nitrogen and oxygen atoms in total. The lowest BCUT2D eigenvalue weighted by atomic mass is 10.2. The molecule has 0 heterocycles. The van der Waals surface area contributed by atoms with Gasteiger partial charge in [-0.25, -0.2) is 15.6 Å². The third-order valence-electron chi connectivity index (χ3n) is 1.20. The molecular formula is C8H16F2N2O3. The molecule has 0 aromatic rings. The van der Waals surface area contributed by atoms with E-state index < -0.39 is 18.3 Å². The second kappa shape index (κ2) is 5.82. The minimum Gasteiger partial charge on any atom is -0.443 e. The molecule has 0 aliphatic carbocycles. The molecule has 0 aliphatic rings. The van der Waals surface area contributed by atoms with Crippen LogP contribution in [0.5, 0.6) is 0 Å². The van der Waals surface area contributed by atoms with Crippen molar-refractivity contribution in [2.45, 2.75) is 33.0 Å². The Morgan fingerprint density at radius 3 is 2.40 bits per heavy atom. The molecule has 0 aromatic carbocycles. The van der Waals surface area contributed by atoms with Gasteiger partial charge in [-0.3, -0.25) is 0 Å². The van der Waals surface area contributed by atoms with Crippen LogP contribution in [0.4, 0.5) is 13.6 Å². The Morgan fingerprint density at radius 1 is 1.47 bits per heavy atom. The number of hydrazine groups is 1. The van der Waals surface area contributed by atoms with Crippen molar-refractivity contribution in [3.8, 4) is 0 Å². The summed E-state index contributed by atoms with van der Waals surface area (Å²) in [6, 6.07) is 0. The number of ether oxygens (including phenoxy) is 2. The lowest BCUT2D eigenvalue weighted by molar-refractivity contribution is -0.131. The SMILES string of the molecule is CC(C)(C)OC(=O)N(N)CCOC(F)F. The predicted molar refractivity (Wildman–Crippen MR) is 49.1 cm³/mol. The third kappa shape index (κ3) is 8.07. The Morgan fingerprint density at radius 2 is 2.00 bits per heavy atom. The maximum absolute atomic E-state index is 11.6. The number of carbonyl (C=O) groups excluding carboxylic acids is 1. The van der Waals surface area contributed by atoms with Crippen molar-refractivity contribution in [1.29, 1.82) is 0 Å². The number of amides is 1. The molecule has 7 heteroatoms. The van der Waals surface area contributed by atoms with Crippen LogP contribution in [-0.2, 0) is 9.47 Å². The van der Waals surface area contributed by atoms with E-state index in [1.165, 1.54) is 0 Å². The first kappa shape index (κ1) is 14.1. The van der Waals surface area contributed by atoms with Crippen molar-refractivity contribution < 1.29 is 23.0 Å². The second-order valence-electron chi connectivity index (χ2n) is 3.81. The third-order valence-corrected chi connectivity index (χ3v) is 1.20. The number of hydrogen-bond donors (Lipinski definition) is 1. The summed E-state index contributed by atoms with van der Waals surface area (Å²) in [5.74, 6) is 5.24. The highest BCUT2D eigenvalue weighted by Gasteiger charge is 2.20. The van der Waals surface area contributed by atoms with Gasteiger partial charge < -0.3 is 9.47 Å². The van der Waals surface area contributed by atoms with Gasteiger partial charge in [0.05, 0.1) is 13.2 Å². The van der Waals surface area contributed by atoms with Gasteiger partial charge in [0.25, 0.3) is 0 Å². The number of nitrogens with zero attached hydrogens (tertiary/aromatic N) is 1. The molecule has 0 radical (unpaired) electrons. The van der Waals surface area contributed by atoms with Gasteiger partial charge in [-0.1, -0.05) is 0 Å². The van der Waals surface area contributed by atoms with E-state index in [9.17, 15) is 13.6 Å². The van der Waals surface area contributed by atoms with Crippen LogP contribution >= 0.6 is 0 Å². The van der Waals surface area contributed by atoms with Gasteiger partial charge in [0.15, 0.2) is 0 Å². The van der Waals surface area contributed by atoms with E-state index in [2.05, 4.69) is 4.74 Å². The molecule has 0 saturated heterocycles. The van der Waals surface area contributed by atoms with Crippen molar-refractivity contribution in [2.24, 2.45) is 5.84 Å². The van der Waals surface area contributed by atoms with E-state index in [4.69, 9.17) is 10.6 Å². The molecule has 0 unspecified atom stereocenters. The molecule has 0 spiro atoms. The van der Waals surface area contributed by atoms with Crippen LogP contribution in [0.1, 0.15) is 20.8 Å². The highest BCUT2D eigenvalue weighted by atomic mass is 19.3. The maximum Gasteiger partial charge on any atom is 0.424 e. The molecule has 0 atom stereocenters. The average molecular weight is 226 g/mol. The zero-order chi connectivity index (χ0) is 12.1. The normalized spacial score (nSPS) is 11.7. The molecule has 0 bridgehead atoms. The highest BCUT2D eigenvalue weighted by molar-refractivity contribution is 5.67. The number of carbonyl (C=O) groups is 1. The fourth-order valence-corrected chi connectivity index (χ4v) is 0.652. The average Bonchev–Trinajstić information content (AvgIpc) is 1.99. The zero-order valence-electron chi connectivity index (χ0n) is 9.00. The summed E-state index contributed by atoms with van der Waals surface area (Å²) in [7, 11) is 0. The Labute approximate surface area is 87.1 Å². The fourth-order valence-electron chi connectivity index (χ4n) is 0.652. The highest BCUT2D eigenvalue weighted by Crippen LogP contribution is 2.08. The molecule has 0 saturated carbocycles. The lowest BCUT2D eigenvalue weighted by Crippen LogP contribution is -2.43. The number of rotatable bonds is 4. The smallest absolute Gasteiger partial charge is 0.424 e. The Hall–Kier alpha value is -0.950. The molecule has 0 aromatic heterocycles. The van der Waals surface area contributed by atoms with Gasteiger partial charge in [0.2, 0.25) is 0 Å². The van der Waals surface area contributed by atoms with Gasteiger partial charge in [0.1, 0.15) is 5.60 Å². The van der Waals surface area contributed by atoms with Crippen molar-refractivity contribution in [3.63, 3.8) is 0 Å². The minimum atomic E-state index is -2.86. The monoisotopic (exact) mass is 226 g/mol. The van der Waals surface area contributed by atoms with Crippen LogP contribution in [0.3, 0.4) is 0 Å². The van der Waals surface area contributed by atoms with Gasteiger partial charge in [-0.05, 0) is 20.8 Å². The van der Waals surface area contributed by atoms with Crippen molar-refractivity contribution in [3.05, 3.63) is 0 Å². The molecule has 1 amide bonds. The van der Waals surface area contributed by atoms with Crippen LogP contribution in [0.25, 0.3) is 0 Å². The lowest BCUT2D eigenvalue weighted by Gasteiger charge is -2.24. The maximum atomic E-state index is 11.6. The summed E-state index contributed by atoms with van der Waals surface area (Å²) in [4.78, 5) is 11.2. The Balaban J connectivity index is 3.80. The quantitative estimate of drug-likeness (QED) is 0.446. The van der Waals surface area contributed by atoms with Gasteiger partial charge in [-0.15, -0.1) is 0 Å². The van der Waals surface area contributed by atoms with E-state index in [1.54, 1.807) is 20.8 Å². The number of nitrogens with two attached hydrogens (primary N) is 1. The molecule has 0 rings (SSSR count). The van der Waals surface area contributed by atoms with Gasteiger partial charge >= 0.3 is 12.7 Å². The minimum absolute atomic E-state index is 0.154. The van der Waals surface area contributed by atoms with Gasteiger partial charge in [0, 0.05) is 0 Å². The zero-order valence-corrected chi connectivity index (χ0v) is 9.00. The molecule has 0 aliphatic heterocycles. The van der Waals surface area contributed by atoms with Gasteiger partial charge in [-0.2, -0.15) is 8.78 Å². The topological polar surface area (TPSA) is 64.8 Å². The summed E-state index contributed by atoms with van der Waals surface area (Å²) in [6.45, 7) is 1.67. The van der Waals surface area contributed by atoms with Crippen LogP contribution in [0.2, 0.25) is 0 Å². The summed E-state index contributed by atoms with van der Waals surface area (Å²) < 4.78 is 31.9. The number of alkyl halides is 2. The van der Waals surface area contributed by atoms with Crippen LogP contribution in [0.15, 0.2) is 0 Å². The fraction of sp³-hybridized carbons (Fsp3) is 0.875. The molecule has 0 fully saturated rings. The van der Waals surface area contributed by atoms with E-state index in [0.717, 1.165) is 0 Å². The van der Waals surface area contributed by atoms with Crippen LogP contribution < -0.4 is 5.84 Å². The Bertz CT molecular complexity index is 207. The summed E-state index contributed by atoms with van der Waals surface area (Å²) in [5, 5.41) is 0.688. The second-order valence-corrected chi connectivity index (χ2v) is 3.81. The first-order chi connectivity index (χ1) is 6.72. The molecule has 2 N–H and O–H groups in total. The molecular weight excluding hydrogens is 210 g/mol. The largest absolute Gasteiger partial charge is 0.443 e. The molecule has 90 valence electrons. The van der Waals surface area contributed by atoms with Crippen molar-refractivity contribution in [2.75, 3.05) is 13.2 Å². The number of hydrogen-bond acceptors (Lipinski definition) is 4. The van der Waals surface area contributed by atoms with Crippen molar-refractivity contribution in [1.82, 2.24) is 5.01 Å². The van der Waals surface area contributed by atoms with E-state index >= 15 is 0 Å². The van der Waals surface area contributed by atoms with Crippen molar-refractivity contribution >= 4 is 6.09 Å². The summed E-state index contributed by atoms with van der Waals surface area (Å²) >= 11 is 0. The van der Waals surface area contributed by atoms with Crippen LogP contribution in [0, 0.1) is 0 Å².